The zero-order chi connectivity index (χ0) is 19.0. The predicted molar refractivity (Wildman–Crippen MR) is 95.2 cm³/mol. The van der Waals surface area contributed by atoms with Crippen molar-refractivity contribution in [3.63, 3.8) is 0 Å². The molecule has 0 atom stereocenters. The van der Waals surface area contributed by atoms with Crippen LogP contribution in [0, 0.1) is 12.7 Å². The lowest BCUT2D eigenvalue weighted by atomic mass is 10.2. The third kappa shape index (κ3) is 3.25. The number of ether oxygens (including phenoxy) is 1. The summed E-state index contributed by atoms with van der Waals surface area (Å²) < 4.78 is 26.4. The van der Waals surface area contributed by atoms with Crippen molar-refractivity contribution in [2.75, 3.05) is 38.3 Å². The number of halogens is 1. The molecular formula is C18H20FN5O3. The number of fused-ring (bicyclic) bond motifs is 1. The van der Waals surface area contributed by atoms with Gasteiger partial charge in [-0.1, -0.05) is 18.2 Å². The first kappa shape index (κ1) is 17.5. The molecule has 1 amide bonds. The Morgan fingerprint density at radius 1 is 1.30 bits per heavy atom. The Morgan fingerprint density at radius 3 is 2.74 bits per heavy atom. The molecule has 9 heteroatoms. The fourth-order valence-electron chi connectivity index (χ4n) is 3.06. The standard InChI is InChI=1S/C18H20FN5O3/c1-12-15(16(25)22(2)11-13-5-3-4-6-14(13)19)27-18-20-17(21-24(12)18)23-7-9-26-10-8-23/h3-6H,7-11H2,1-2H3. The molecule has 1 saturated heterocycles. The van der Waals surface area contributed by atoms with Gasteiger partial charge < -0.3 is 19.0 Å². The van der Waals surface area contributed by atoms with Gasteiger partial charge in [0.25, 0.3) is 5.91 Å². The Labute approximate surface area is 155 Å². The summed E-state index contributed by atoms with van der Waals surface area (Å²) in [6.07, 6.45) is 0. The molecule has 27 heavy (non-hydrogen) atoms. The van der Waals surface area contributed by atoms with Gasteiger partial charge in [-0.2, -0.15) is 9.50 Å². The highest BCUT2D eigenvalue weighted by Gasteiger charge is 2.25. The topological polar surface area (TPSA) is 76.1 Å². The number of rotatable bonds is 4. The fourth-order valence-corrected chi connectivity index (χ4v) is 3.06. The van der Waals surface area contributed by atoms with Crippen molar-refractivity contribution < 1.29 is 18.3 Å². The van der Waals surface area contributed by atoms with E-state index in [2.05, 4.69) is 10.1 Å². The molecule has 0 N–H and O–H groups in total. The molecule has 1 aliphatic rings. The number of carbonyl (C=O) groups excluding carboxylic acids is 1. The molecule has 8 nitrogen and oxygen atoms in total. The van der Waals surface area contributed by atoms with Gasteiger partial charge in [0, 0.05) is 32.2 Å². The zero-order valence-corrected chi connectivity index (χ0v) is 15.2. The van der Waals surface area contributed by atoms with E-state index in [9.17, 15) is 9.18 Å². The van der Waals surface area contributed by atoms with E-state index in [-0.39, 0.29) is 29.9 Å². The fraction of sp³-hybridized carbons (Fsp3) is 0.389. The monoisotopic (exact) mass is 373 g/mol. The van der Waals surface area contributed by atoms with Gasteiger partial charge in [0.1, 0.15) is 5.82 Å². The van der Waals surface area contributed by atoms with E-state index in [0.29, 0.717) is 43.5 Å². The van der Waals surface area contributed by atoms with Gasteiger partial charge in [0.05, 0.1) is 18.9 Å². The van der Waals surface area contributed by atoms with Crippen LogP contribution in [0.3, 0.4) is 0 Å². The largest absolute Gasteiger partial charge is 0.416 e. The van der Waals surface area contributed by atoms with Crippen LogP contribution in [-0.4, -0.2) is 58.8 Å². The van der Waals surface area contributed by atoms with E-state index in [1.807, 2.05) is 4.90 Å². The van der Waals surface area contributed by atoms with E-state index in [0.717, 1.165) is 0 Å². The first-order valence-electron chi connectivity index (χ1n) is 8.72. The Hall–Kier alpha value is -2.94. The van der Waals surface area contributed by atoms with E-state index in [4.69, 9.17) is 9.15 Å². The lowest BCUT2D eigenvalue weighted by molar-refractivity contribution is 0.0753. The van der Waals surface area contributed by atoms with Gasteiger partial charge in [-0.3, -0.25) is 4.79 Å². The molecule has 0 radical (unpaired) electrons. The SMILES string of the molecule is Cc1c(C(=O)N(C)Cc2ccccc2F)oc2nc(N3CCOCC3)nn12. The van der Waals surface area contributed by atoms with Crippen molar-refractivity contribution in [1.29, 1.82) is 0 Å². The van der Waals surface area contributed by atoms with Gasteiger partial charge >= 0.3 is 5.84 Å². The zero-order valence-electron chi connectivity index (χ0n) is 15.2. The van der Waals surface area contributed by atoms with Crippen LogP contribution in [0.4, 0.5) is 10.3 Å². The third-order valence-electron chi connectivity index (χ3n) is 4.61. The molecule has 0 unspecified atom stereocenters. The van der Waals surface area contributed by atoms with Gasteiger partial charge in [0.15, 0.2) is 0 Å². The smallest absolute Gasteiger partial charge is 0.327 e. The van der Waals surface area contributed by atoms with Crippen LogP contribution in [0.15, 0.2) is 28.7 Å². The molecule has 0 aliphatic carbocycles. The van der Waals surface area contributed by atoms with Gasteiger partial charge in [-0.05, 0) is 13.0 Å². The first-order chi connectivity index (χ1) is 13.0. The highest BCUT2D eigenvalue weighted by Crippen LogP contribution is 2.21. The minimum Gasteiger partial charge on any atom is -0.416 e. The number of hydrogen-bond acceptors (Lipinski definition) is 6. The number of aryl methyl sites for hydroxylation is 1. The summed E-state index contributed by atoms with van der Waals surface area (Å²) >= 11 is 0. The van der Waals surface area contributed by atoms with Crippen molar-refractivity contribution in [1.82, 2.24) is 19.5 Å². The summed E-state index contributed by atoms with van der Waals surface area (Å²) in [5.74, 6) is 0.267. The molecule has 1 fully saturated rings. The number of morpholine rings is 1. The van der Waals surface area contributed by atoms with Crippen molar-refractivity contribution in [3.05, 3.63) is 47.1 Å². The number of carbonyl (C=O) groups is 1. The number of benzene rings is 1. The number of aromatic nitrogens is 3. The quantitative estimate of drug-likeness (QED) is 0.695. The van der Waals surface area contributed by atoms with Crippen LogP contribution in [0.2, 0.25) is 0 Å². The van der Waals surface area contributed by atoms with Crippen LogP contribution in [-0.2, 0) is 11.3 Å². The minimum absolute atomic E-state index is 0.139. The maximum absolute atomic E-state index is 13.8. The van der Waals surface area contributed by atoms with Crippen LogP contribution in [0.5, 0.6) is 0 Å². The normalized spacial score (nSPS) is 14.7. The number of amides is 1. The number of nitrogens with zero attached hydrogens (tertiary/aromatic N) is 5. The highest BCUT2D eigenvalue weighted by atomic mass is 19.1. The minimum atomic E-state index is -0.351. The Balaban J connectivity index is 1.56. The molecule has 0 bridgehead atoms. The van der Waals surface area contributed by atoms with E-state index >= 15 is 0 Å². The van der Waals surface area contributed by atoms with Crippen LogP contribution >= 0.6 is 0 Å². The molecule has 3 aromatic rings. The molecule has 142 valence electrons. The third-order valence-corrected chi connectivity index (χ3v) is 4.61. The summed E-state index contributed by atoms with van der Waals surface area (Å²) in [5.41, 5.74) is 0.998. The van der Waals surface area contributed by atoms with Crippen molar-refractivity contribution in [2.45, 2.75) is 13.5 Å². The highest BCUT2D eigenvalue weighted by molar-refractivity contribution is 5.92. The van der Waals surface area contributed by atoms with Crippen LogP contribution in [0.1, 0.15) is 21.8 Å². The first-order valence-corrected chi connectivity index (χ1v) is 8.72. The lowest BCUT2D eigenvalue weighted by Crippen LogP contribution is -2.37. The number of hydrogen-bond donors (Lipinski definition) is 0. The second-order valence-electron chi connectivity index (χ2n) is 6.47. The summed E-state index contributed by atoms with van der Waals surface area (Å²) in [7, 11) is 1.60. The molecule has 1 aromatic carbocycles. The van der Waals surface area contributed by atoms with Crippen LogP contribution < -0.4 is 4.90 Å². The van der Waals surface area contributed by atoms with Crippen molar-refractivity contribution >= 4 is 17.7 Å². The van der Waals surface area contributed by atoms with Crippen molar-refractivity contribution in [3.8, 4) is 0 Å². The average Bonchev–Trinajstić information content (AvgIpc) is 3.23. The molecule has 0 saturated carbocycles. The maximum atomic E-state index is 13.8. The Bertz CT molecular complexity index is 977. The van der Waals surface area contributed by atoms with Gasteiger partial charge in [-0.15, -0.1) is 5.10 Å². The Kier molecular flexibility index (Phi) is 4.53. The molecule has 2 aromatic heterocycles. The number of oxazole rings is 1. The van der Waals surface area contributed by atoms with Crippen molar-refractivity contribution in [2.24, 2.45) is 0 Å². The van der Waals surface area contributed by atoms with E-state index in [1.54, 1.807) is 32.2 Å². The second kappa shape index (κ2) is 6.99. The summed E-state index contributed by atoms with van der Waals surface area (Å²) in [4.78, 5) is 20.6. The summed E-state index contributed by atoms with van der Waals surface area (Å²) in [6.45, 7) is 4.57. The second-order valence-corrected chi connectivity index (χ2v) is 6.47. The van der Waals surface area contributed by atoms with Gasteiger partial charge in [0.2, 0.25) is 11.7 Å². The van der Waals surface area contributed by atoms with E-state index in [1.165, 1.54) is 15.5 Å². The maximum Gasteiger partial charge on any atom is 0.327 e. The molecule has 4 rings (SSSR count). The number of anilines is 1. The summed E-state index contributed by atoms with van der Waals surface area (Å²) in [6, 6.07) is 6.37. The van der Waals surface area contributed by atoms with Gasteiger partial charge in [-0.25, -0.2) is 4.39 Å². The predicted octanol–water partition coefficient (Wildman–Crippen LogP) is 1.88. The van der Waals surface area contributed by atoms with Crippen LogP contribution in [0.25, 0.3) is 5.84 Å². The Morgan fingerprint density at radius 2 is 2.04 bits per heavy atom. The average molecular weight is 373 g/mol. The summed E-state index contributed by atoms with van der Waals surface area (Å²) in [5, 5.41) is 4.45. The molecular weight excluding hydrogens is 353 g/mol. The lowest BCUT2D eigenvalue weighted by Gasteiger charge is -2.25. The molecule has 0 spiro atoms. The molecule has 1 aliphatic heterocycles. The molecule has 3 heterocycles. The van der Waals surface area contributed by atoms with E-state index < -0.39 is 0 Å².